The molecule has 6 heteroatoms. The van der Waals surface area contributed by atoms with Gasteiger partial charge in [-0.25, -0.2) is 9.18 Å². The van der Waals surface area contributed by atoms with E-state index in [4.69, 9.17) is 4.52 Å². The highest BCUT2D eigenvalue weighted by atomic mass is 19.1. The summed E-state index contributed by atoms with van der Waals surface area (Å²) in [5.74, 6) is 0.485. The highest BCUT2D eigenvalue weighted by Crippen LogP contribution is 2.14. The lowest BCUT2D eigenvalue weighted by molar-refractivity contribution is 0.237. The van der Waals surface area contributed by atoms with Crippen molar-refractivity contribution in [3.05, 3.63) is 52.7 Å². The molecule has 1 atom stereocenters. The van der Waals surface area contributed by atoms with Crippen molar-refractivity contribution in [2.24, 2.45) is 0 Å². The van der Waals surface area contributed by atoms with E-state index in [1.807, 2.05) is 20.8 Å². The number of hydrogen-bond acceptors (Lipinski definition) is 3. The van der Waals surface area contributed by atoms with Gasteiger partial charge in [-0.1, -0.05) is 17.3 Å². The molecule has 0 bridgehead atoms. The van der Waals surface area contributed by atoms with Gasteiger partial charge in [0.05, 0.1) is 5.69 Å². The van der Waals surface area contributed by atoms with Crippen LogP contribution in [-0.2, 0) is 13.0 Å². The topological polar surface area (TPSA) is 67.2 Å². The van der Waals surface area contributed by atoms with Gasteiger partial charge in [0, 0.05) is 18.2 Å². The fraction of sp³-hybridized carbons (Fsp3) is 0.375. The van der Waals surface area contributed by atoms with E-state index in [9.17, 15) is 9.18 Å². The Morgan fingerprint density at radius 3 is 2.59 bits per heavy atom. The second-order valence-electron chi connectivity index (χ2n) is 5.36. The van der Waals surface area contributed by atoms with Crippen molar-refractivity contribution in [1.82, 2.24) is 15.8 Å². The minimum atomic E-state index is -0.290. The summed E-state index contributed by atoms with van der Waals surface area (Å²) in [6, 6.07) is 5.71. The van der Waals surface area contributed by atoms with Gasteiger partial charge in [0.25, 0.3) is 0 Å². The smallest absolute Gasteiger partial charge is 0.315 e. The zero-order chi connectivity index (χ0) is 16.1. The van der Waals surface area contributed by atoms with Gasteiger partial charge >= 0.3 is 6.03 Å². The Morgan fingerprint density at radius 2 is 2.00 bits per heavy atom. The number of hydrogen-bond donors (Lipinski definition) is 2. The molecule has 2 N–H and O–H groups in total. The molecular weight excluding hydrogens is 285 g/mol. The molecule has 0 saturated carbocycles. The van der Waals surface area contributed by atoms with E-state index in [-0.39, 0.29) is 17.9 Å². The number of rotatable bonds is 5. The predicted octanol–water partition coefficient (Wildman–Crippen LogP) is 2.86. The van der Waals surface area contributed by atoms with E-state index < -0.39 is 0 Å². The van der Waals surface area contributed by atoms with Crippen LogP contribution in [0.2, 0.25) is 0 Å². The molecule has 2 rings (SSSR count). The Balaban J connectivity index is 1.80. The Bertz CT molecular complexity index is 618. The lowest BCUT2D eigenvalue weighted by Crippen LogP contribution is -2.41. The van der Waals surface area contributed by atoms with E-state index in [0.717, 1.165) is 22.6 Å². The van der Waals surface area contributed by atoms with Crippen LogP contribution < -0.4 is 10.6 Å². The maximum Gasteiger partial charge on any atom is 0.315 e. The second kappa shape index (κ2) is 7.06. The molecule has 0 aliphatic rings. The molecule has 1 heterocycles. The van der Waals surface area contributed by atoms with Gasteiger partial charge in [-0.3, -0.25) is 0 Å². The summed E-state index contributed by atoms with van der Waals surface area (Å²) in [5.41, 5.74) is 2.71. The molecule has 2 amide bonds. The monoisotopic (exact) mass is 305 g/mol. The molecule has 1 unspecified atom stereocenters. The molecule has 0 spiro atoms. The minimum absolute atomic E-state index is 0.0509. The van der Waals surface area contributed by atoms with Crippen LogP contribution in [0.4, 0.5) is 9.18 Å². The summed E-state index contributed by atoms with van der Waals surface area (Å²) in [6.45, 7) is 6.01. The fourth-order valence-corrected chi connectivity index (χ4v) is 2.21. The van der Waals surface area contributed by atoms with Crippen LogP contribution in [0.5, 0.6) is 0 Å². The average molecular weight is 305 g/mol. The Morgan fingerprint density at radius 1 is 1.32 bits per heavy atom. The van der Waals surface area contributed by atoms with Crippen LogP contribution in [0.1, 0.15) is 29.5 Å². The van der Waals surface area contributed by atoms with Crippen molar-refractivity contribution in [3.8, 4) is 0 Å². The number of carbonyl (C=O) groups excluding carboxylic acids is 1. The number of aryl methyl sites for hydroxylation is 2. The summed E-state index contributed by atoms with van der Waals surface area (Å²) in [4.78, 5) is 11.9. The van der Waals surface area contributed by atoms with E-state index >= 15 is 0 Å². The standard InChI is InChI=1S/C16H20FN3O2/c1-10(8-15-11(2)20-22-12(15)3)19-16(21)18-9-13-4-6-14(17)7-5-13/h4-7,10H,8-9H2,1-3H3,(H2,18,19,21). The third kappa shape index (κ3) is 4.31. The Kier molecular flexibility index (Phi) is 5.14. The van der Waals surface area contributed by atoms with Crippen molar-refractivity contribution in [1.29, 1.82) is 0 Å². The van der Waals surface area contributed by atoms with E-state index in [1.54, 1.807) is 12.1 Å². The van der Waals surface area contributed by atoms with Crippen LogP contribution in [0.25, 0.3) is 0 Å². The van der Waals surface area contributed by atoms with Crippen molar-refractivity contribution in [2.75, 3.05) is 0 Å². The van der Waals surface area contributed by atoms with Gasteiger partial charge in [0.15, 0.2) is 0 Å². The van der Waals surface area contributed by atoms with Gasteiger partial charge in [0.1, 0.15) is 11.6 Å². The van der Waals surface area contributed by atoms with Crippen LogP contribution in [0.15, 0.2) is 28.8 Å². The van der Waals surface area contributed by atoms with E-state index in [1.165, 1.54) is 12.1 Å². The van der Waals surface area contributed by atoms with E-state index in [0.29, 0.717) is 13.0 Å². The maximum absolute atomic E-state index is 12.8. The average Bonchev–Trinajstić information content (AvgIpc) is 2.78. The molecule has 5 nitrogen and oxygen atoms in total. The van der Waals surface area contributed by atoms with Crippen LogP contribution in [0.3, 0.4) is 0 Å². The Hall–Kier alpha value is -2.37. The molecule has 0 radical (unpaired) electrons. The second-order valence-corrected chi connectivity index (χ2v) is 5.36. The number of carbonyl (C=O) groups is 1. The van der Waals surface area contributed by atoms with Gasteiger partial charge in [0.2, 0.25) is 0 Å². The molecule has 0 aliphatic heterocycles. The number of nitrogens with zero attached hydrogens (tertiary/aromatic N) is 1. The molecular formula is C16H20FN3O2. The van der Waals surface area contributed by atoms with Crippen molar-refractivity contribution in [3.63, 3.8) is 0 Å². The van der Waals surface area contributed by atoms with Crippen LogP contribution in [-0.4, -0.2) is 17.2 Å². The molecule has 2 aromatic rings. The first kappa shape index (κ1) is 16.0. The molecule has 1 aromatic heterocycles. The van der Waals surface area contributed by atoms with Crippen LogP contribution in [0, 0.1) is 19.7 Å². The minimum Gasteiger partial charge on any atom is -0.361 e. The SMILES string of the molecule is Cc1noc(C)c1CC(C)NC(=O)NCc1ccc(F)cc1. The van der Waals surface area contributed by atoms with E-state index in [2.05, 4.69) is 15.8 Å². The lowest BCUT2D eigenvalue weighted by Gasteiger charge is -2.14. The normalized spacial score (nSPS) is 12.0. The third-order valence-electron chi connectivity index (χ3n) is 3.44. The van der Waals surface area contributed by atoms with Gasteiger partial charge in [-0.2, -0.15) is 0 Å². The molecule has 0 fully saturated rings. The van der Waals surface area contributed by atoms with Gasteiger partial charge in [-0.05, 0) is 44.9 Å². The first-order valence-electron chi connectivity index (χ1n) is 7.16. The fourth-order valence-electron chi connectivity index (χ4n) is 2.21. The van der Waals surface area contributed by atoms with Crippen LogP contribution >= 0.6 is 0 Å². The zero-order valence-corrected chi connectivity index (χ0v) is 12.9. The largest absolute Gasteiger partial charge is 0.361 e. The lowest BCUT2D eigenvalue weighted by atomic mass is 10.1. The summed E-state index contributed by atoms with van der Waals surface area (Å²) in [5, 5.41) is 9.50. The number of amides is 2. The van der Waals surface area contributed by atoms with Gasteiger partial charge < -0.3 is 15.2 Å². The quantitative estimate of drug-likeness (QED) is 0.892. The number of aromatic nitrogens is 1. The molecule has 118 valence electrons. The highest BCUT2D eigenvalue weighted by Gasteiger charge is 2.14. The summed E-state index contributed by atoms with van der Waals surface area (Å²) in [7, 11) is 0. The predicted molar refractivity (Wildman–Crippen MR) is 80.9 cm³/mol. The zero-order valence-electron chi connectivity index (χ0n) is 12.9. The van der Waals surface area contributed by atoms with Gasteiger partial charge in [-0.15, -0.1) is 0 Å². The highest BCUT2D eigenvalue weighted by molar-refractivity contribution is 5.74. The first-order chi connectivity index (χ1) is 10.5. The molecule has 1 aromatic carbocycles. The maximum atomic E-state index is 12.8. The van der Waals surface area contributed by atoms with Crippen molar-refractivity contribution < 1.29 is 13.7 Å². The molecule has 0 aliphatic carbocycles. The van der Waals surface area contributed by atoms with Crippen molar-refractivity contribution >= 4 is 6.03 Å². The third-order valence-corrected chi connectivity index (χ3v) is 3.44. The number of urea groups is 1. The first-order valence-corrected chi connectivity index (χ1v) is 7.16. The number of nitrogens with one attached hydrogen (secondary N) is 2. The molecule has 22 heavy (non-hydrogen) atoms. The summed E-state index contributed by atoms with van der Waals surface area (Å²) >= 11 is 0. The number of benzene rings is 1. The number of halogens is 1. The molecule has 0 saturated heterocycles. The summed E-state index contributed by atoms with van der Waals surface area (Å²) in [6.07, 6.45) is 0.658. The summed E-state index contributed by atoms with van der Waals surface area (Å²) < 4.78 is 17.9. The Labute approximate surface area is 128 Å². The van der Waals surface area contributed by atoms with Crippen molar-refractivity contribution in [2.45, 2.75) is 39.8 Å².